The number of aryl methyl sites for hydroxylation is 2. The highest BCUT2D eigenvalue weighted by atomic mass is 35.5. The summed E-state index contributed by atoms with van der Waals surface area (Å²) in [5.41, 5.74) is 0.656. The minimum atomic E-state index is -1.46. The molecule has 0 aliphatic carbocycles. The van der Waals surface area contributed by atoms with Crippen LogP contribution in [0.15, 0.2) is 53.7 Å². The Morgan fingerprint density at radius 3 is 2.54 bits per heavy atom. The van der Waals surface area contributed by atoms with Crippen LogP contribution in [0.25, 0.3) is 33.5 Å². The van der Waals surface area contributed by atoms with Gasteiger partial charge >= 0.3 is 0 Å². The maximum Gasteiger partial charge on any atom is 0.265 e. The Hall–Kier alpha value is -4.58. The molecule has 41 heavy (non-hydrogen) atoms. The van der Waals surface area contributed by atoms with Crippen LogP contribution in [-0.2, 0) is 32.0 Å². The van der Waals surface area contributed by atoms with Crippen LogP contribution in [-0.4, -0.2) is 64.4 Å². The first-order chi connectivity index (χ1) is 19.5. The summed E-state index contributed by atoms with van der Waals surface area (Å²) in [4.78, 5) is 50.7. The molecule has 6 rings (SSSR count). The van der Waals surface area contributed by atoms with E-state index < -0.39 is 29.6 Å². The summed E-state index contributed by atoms with van der Waals surface area (Å²) < 4.78 is 18.8. The number of benzene rings is 1. The van der Waals surface area contributed by atoms with Crippen molar-refractivity contribution in [1.82, 2.24) is 39.1 Å². The highest BCUT2D eigenvalue weighted by Gasteiger charge is 2.41. The molecule has 0 saturated carbocycles. The first-order valence-electron chi connectivity index (χ1n) is 12.9. The van der Waals surface area contributed by atoms with Gasteiger partial charge in [-0.1, -0.05) is 23.7 Å². The molecule has 0 bridgehead atoms. The van der Waals surface area contributed by atoms with Crippen LogP contribution in [0, 0.1) is 0 Å². The minimum absolute atomic E-state index is 0.0618. The summed E-state index contributed by atoms with van der Waals surface area (Å²) in [5, 5.41) is 8.04. The van der Waals surface area contributed by atoms with Gasteiger partial charge in [-0.25, -0.2) is 14.4 Å². The number of nitrogens with zero attached hydrogens (tertiary/aromatic N) is 7. The lowest BCUT2D eigenvalue weighted by Crippen LogP contribution is -2.60. The largest absolute Gasteiger partial charge is 0.348 e. The van der Waals surface area contributed by atoms with E-state index in [4.69, 9.17) is 16.6 Å². The van der Waals surface area contributed by atoms with Gasteiger partial charge in [0.25, 0.3) is 11.5 Å². The van der Waals surface area contributed by atoms with E-state index in [-0.39, 0.29) is 30.8 Å². The van der Waals surface area contributed by atoms with Gasteiger partial charge in [-0.15, -0.1) is 0 Å². The van der Waals surface area contributed by atoms with Gasteiger partial charge in [-0.2, -0.15) is 5.10 Å². The van der Waals surface area contributed by atoms with E-state index >= 15 is 0 Å². The number of rotatable bonds is 6. The molecule has 0 radical (unpaired) electrons. The Bertz CT molecular complexity index is 1900. The summed E-state index contributed by atoms with van der Waals surface area (Å²) in [6.45, 7) is 1.07. The molecule has 210 valence electrons. The number of amides is 2. The average molecular weight is 577 g/mol. The fraction of sp³-hybridized carbons (Fsp3) is 0.286. The van der Waals surface area contributed by atoms with Crippen molar-refractivity contribution in [3.8, 4) is 11.4 Å². The van der Waals surface area contributed by atoms with Crippen molar-refractivity contribution in [2.75, 3.05) is 13.1 Å². The third kappa shape index (κ3) is 4.84. The first kappa shape index (κ1) is 26.6. The fourth-order valence-electron chi connectivity index (χ4n) is 5.17. The molecular formula is C28H26ClFN8O3. The lowest BCUT2D eigenvalue weighted by molar-refractivity contribution is -0.144. The minimum Gasteiger partial charge on any atom is -0.348 e. The smallest absolute Gasteiger partial charge is 0.265 e. The molecule has 1 fully saturated rings. The van der Waals surface area contributed by atoms with Gasteiger partial charge in [0.1, 0.15) is 34.8 Å². The molecule has 4 aromatic heterocycles. The van der Waals surface area contributed by atoms with Crippen LogP contribution >= 0.6 is 11.6 Å². The summed E-state index contributed by atoms with van der Waals surface area (Å²) >= 11 is 5.96. The number of halogens is 2. The number of nitrogens with one attached hydrogen (secondary N) is 1. The molecule has 1 aromatic carbocycles. The summed E-state index contributed by atoms with van der Waals surface area (Å²) in [7, 11) is 3.62. The maximum absolute atomic E-state index is 14.1. The molecule has 0 atom stereocenters. The van der Waals surface area contributed by atoms with Crippen molar-refractivity contribution >= 4 is 45.5 Å². The number of fused-ring (bicyclic) bond motifs is 3. The van der Waals surface area contributed by atoms with Crippen molar-refractivity contribution < 1.29 is 14.0 Å². The molecular weight excluding hydrogens is 551 g/mol. The molecule has 1 aliphatic heterocycles. The molecule has 13 heteroatoms. The number of imidazole rings is 1. The van der Waals surface area contributed by atoms with Crippen molar-refractivity contribution in [2.24, 2.45) is 14.1 Å². The topological polar surface area (TPSA) is 120 Å². The number of aromatic nitrogens is 6. The number of carbonyl (C=O) groups is 2. The zero-order valence-corrected chi connectivity index (χ0v) is 23.3. The van der Waals surface area contributed by atoms with E-state index in [1.165, 1.54) is 28.7 Å². The van der Waals surface area contributed by atoms with E-state index in [9.17, 15) is 18.8 Å². The Kier molecular flexibility index (Phi) is 6.37. The van der Waals surface area contributed by atoms with Crippen LogP contribution in [0.4, 0.5) is 4.39 Å². The number of carbonyl (C=O) groups excluding carboxylic acids is 2. The third-order valence-corrected chi connectivity index (χ3v) is 7.46. The molecule has 1 aliphatic rings. The van der Waals surface area contributed by atoms with Crippen LogP contribution in [0.3, 0.4) is 0 Å². The third-order valence-electron chi connectivity index (χ3n) is 7.21. The average Bonchev–Trinajstić information content (AvgIpc) is 3.50. The lowest BCUT2D eigenvalue weighted by atomic mass is 9.99. The molecule has 0 spiro atoms. The Balaban J connectivity index is 1.47. The van der Waals surface area contributed by atoms with Gasteiger partial charge in [-0.3, -0.25) is 23.6 Å². The zero-order valence-electron chi connectivity index (χ0n) is 22.6. The van der Waals surface area contributed by atoms with Crippen molar-refractivity contribution in [1.29, 1.82) is 0 Å². The normalized spacial score (nSPS) is 14.4. The molecule has 5 heterocycles. The van der Waals surface area contributed by atoms with E-state index in [1.807, 2.05) is 17.8 Å². The van der Waals surface area contributed by atoms with E-state index in [2.05, 4.69) is 15.4 Å². The monoisotopic (exact) mass is 576 g/mol. The van der Waals surface area contributed by atoms with Gasteiger partial charge in [-0.05, 0) is 30.7 Å². The van der Waals surface area contributed by atoms with Gasteiger partial charge in [0.05, 0.1) is 36.6 Å². The summed E-state index contributed by atoms with van der Waals surface area (Å²) in [6.07, 6.45) is 5.04. The van der Waals surface area contributed by atoms with Crippen molar-refractivity contribution in [2.45, 2.75) is 25.7 Å². The van der Waals surface area contributed by atoms with Gasteiger partial charge in [0.2, 0.25) is 5.91 Å². The number of hydrogen-bond donors (Lipinski definition) is 1. The van der Waals surface area contributed by atoms with Gasteiger partial charge < -0.3 is 14.8 Å². The zero-order chi connectivity index (χ0) is 29.1. The van der Waals surface area contributed by atoms with E-state index in [0.29, 0.717) is 27.3 Å². The number of likely N-dealkylation sites (tertiary alicyclic amines) is 1. The van der Waals surface area contributed by atoms with Gasteiger partial charge in [0, 0.05) is 37.2 Å². The second-order valence-electron chi connectivity index (χ2n) is 10.5. The SMILES string of the molecule is Cn1cc(-c2nc3cnc4c(cc(C(=O)NCc5ccc(Cl)cc5)c(=O)n4CC(=O)N4CC(C)(F)C4)c3n2C)cn1. The Morgan fingerprint density at radius 1 is 1.15 bits per heavy atom. The van der Waals surface area contributed by atoms with Crippen LogP contribution in [0.5, 0.6) is 0 Å². The number of pyridine rings is 2. The first-order valence-corrected chi connectivity index (χ1v) is 13.3. The van der Waals surface area contributed by atoms with Crippen LogP contribution in [0.2, 0.25) is 5.02 Å². The van der Waals surface area contributed by atoms with Crippen molar-refractivity contribution in [3.63, 3.8) is 0 Å². The second-order valence-corrected chi connectivity index (χ2v) is 11.0. The van der Waals surface area contributed by atoms with E-state index in [1.54, 1.807) is 42.2 Å². The molecule has 2 amide bonds. The second kappa shape index (κ2) is 9.81. The Morgan fingerprint density at radius 2 is 1.88 bits per heavy atom. The maximum atomic E-state index is 14.1. The standard InChI is InChI=1S/C28H26ClFN8O3/c1-28(30)14-37(15-28)22(39)13-38-25-19(8-20(27(38)41)26(40)32-9-16-4-6-18(29)7-5-16)23-21(11-31-25)34-24(36(23)3)17-10-33-35(2)12-17/h4-8,10-12H,9,13-15H2,1-3H3,(H,32,40). The molecule has 11 nitrogen and oxygen atoms in total. The lowest BCUT2D eigenvalue weighted by Gasteiger charge is -2.42. The highest BCUT2D eigenvalue weighted by molar-refractivity contribution is 6.30. The van der Waals surface area contributed by atoms with E-state index in [0.717, 1.165) is 11.1 Å². The summed E-state index contributed by atoms with van der Waals surface area (Å²) in [6, 6.07) is 8.45. The molecule has 1 N–H and O–H groups in total. The summed E-state index contributed by atoms with van der Waals surface area (Å²) in [5.74, 6) is -0.432. The molecule has 1 saturated heterocycles. The predicted octanol–water partition coefficient (Wildman–Crippen LogP) is 2.84. The van der Waals surface area contributed by atoms with Gasteiger partial charge in [0.15, 0.2) is 0 Å². The van der Waals surface area contributed by atoms with Crippen molar-refractivity contribution in [3.05, 3.63) is 75.4 Å². The predicted molar refractivity (Wildman–Crippen MR) is 151 cm³/mol. The number of alkyl halides is 1. The highest BCUT2D eigenvalue weighted by Crippen LogP contribution is 2.29. The van der Waals surface area contributed by atoms with Crippen LogP contribution in [0.1, 0.15) is 22.8 Å². The molecule has 0 unspecified atom stereocenters. The fourth-order valence-corrected chi connectivity index (χ4v) is 5.29. The molecule has 5 aromatic rings. The van der Waals surface area contributed by atoms with Crippen LogP contribution < -0.4 is 10.9 Å². The number of hydrogen-bond acceptors (Lipinski definition) is 6. The Labute approximate surface area is 238 Å². The quantitative estimate of drug-likeness (QED) is 0.332.